The number of nitrogens with zero attached hydrogens (tertiary/aromatic N) is 2. The first kappa shape index (κ1) is 22.9. The van der Waals surface area contributed by atoms with E-state index in [1.807, 2.05) is 11.3 Å². The van der Waals surface area contributed by atoms with Crippen LogP contribution in [0.3, 0.4) is 0 Å². The minimum absolute atomic E-state index is 0.192. The number of likely N-dealkylation sites (N-methyl/N-ethyl adjacent to an activating group) is 1. The van der Waals surface area contributed by atoms with Gasteiger partial charge < -0.3 is 9.80 Å². The maximum absolute atomic E-state index is 2.47. The second-order valence-corrected chi connectivity index (χ2v) is 12.0. The van der Waals surface area contributed by atoms with Crippen molar-refractivity contribution in [2.75, 3.05) is 16.8 Å². The van der Waals surface area contributed by atoms with Crippen molar-refractivity contribution < 1.29 is 0 Å². The molecule has 6 aromatic carbocycles. The van der Waals surface area contributed by atoms with Gasteiger partial charge in [0.2, 0.25) is 0 Å². The van der Waals surface area contributed by atoms with Gasteiger partial charge in [-0.25, -0.2) is 0 Å². The van der Waals surface area contributed by atoms with Gasteiger partial charge in [0.15, 0.2) is 0 Å². The summed E-state index contributed by atoms with van der Waals surface area (Å²) < 4.78 is 1.34. The van der Waals surface area contributed by atoms with Crippen LogP contribution >= 0.6 is 11.3 Å². The van der Waals surface area contributed by atoms with Crippen molar-refractivity contribution >= 4 is 70.0 Å². The number of hydrogen-bond acceptors (Lipinski definition) is 3. The van der Waals surface area contributed by atoms with Crippen LogP contribution in [0.1, 0.15) is 5.56 Å². The van der Waals surface area contributed by atoms with Gasteiger partial charge in [-0.3, -0.25) is 0 Å². The Bertz CT molecular complexity index is 2190. The lowest BCUT2D eigenvalue weighted by Crippen LogP contribution is -2.38. The zero-order valence-corrected chi connectivity index (χ0v) is 23.4. The minimum Gasteiger partial charge on any atom is -0.348 e. The fraction of sp³-hybridized carbons (Fsp3) is 0.0526. The summed E-state index contributed by atoms with van der Waals surface area (Å²) in [7, 11) is 2.22. The smallest absolute Gasteiger partial charge is 0.126 e. The molecule has 2 aliphatic heterocycles. The van der Waals surface area contributed by atoms with E-state index >= 15 is 0 Å². The largest absolute Gasteiger partial charge is 0.348 e. The van der Waals surface area contributed by atoms with Crippen LogP contribution in [0.25, 0.3) is 59.1 Å². The summed E-state index contributed by atoms with van der Waals surface area (Å²) in [5, 5.41) is 10.4. The maximum Gasteiger partial charge on any atom is 0.126 e. The lowest BCUT2D eigenvalue weighted by molar-refractivity contribution is 0.795. The summed E-state index contributed by atoms with van der Waals surface area (Å²) in [4.78, 5) is 4.88. The van der Waals surface area contributed by atoms with E-state index in [2.05, 4.69) is 150 Å². The number of fused-ring (bicyclic) bond motifs is 8. The van der Waals surface area contributed by atoms with Crippen LogP contribution in [0.5, 0.6) is 0 Å². The summed E-state index contributed by atoms with van der Waals surface area (Å²) >= 11 is 1.89. The van der Waals surface area contributed by atoms with Crippen molar-refractivity contribution in [2.45, 2.75) is 6.17 Å². The first-order chi connectivity index (χ1) is 20.3. The molecule has 3 heteroatoms. The second kappa shape index (κ2) is 8.57. The molecular weight excluding hydrogens is 516 g/mol. The Labute approximate surface area is 242 Å². The molecule has 0 bridgehead atoms. The topological polar surface area (TPSA) is 6.48 Å². The molecule has 0 saturated carbocycles. The maximum atomic E-state index is 2.47. The molecule has 9 rings (SSSR count). The Morgan fingerprint density at radius 2 is 1.17 bits per heavy atom. The highest BCUT2D eigenvalue weighted by molar-refractivity contribution is 7.23. The van der Waals surface area contributed by atoms with Gasteiger partial charge in [0.1, 0.15) is 11.2 Å². The Balaban J connectivity index is 1.33. The minimum atomic E-state index is 0.192. The van der Waals surface area contributed by atoms with Crippen molar-refractivity contribution in [1.29, 1.82) is 0 Å². The van der Waals surface area contributed by atoms with Crippen molar-refractivity contribution in [3.63, 3.8) is 0 Å². The fourth-order valence-electron chi connectivity index (χ4n) is 7.03. The van der Waals surface area contributed by atoms with E-state index in [1.54, 1.807) is 0 Å². The van der Waals surface area contributed by atoms with E-state index in [0.717, 1.165) is 0 Å². The zero-order chi connectivity index (χ0) is 27.1. The van der Waals surface area contributed by atoms with Crippen molar-refractivity contribution in [3.8, 4) is 11.1 Å². The molecule has 0 amide bonds. The number of hydrogen-bond donors (Lipinski definition) is 0. The molecule has 1 unspecified atom stereocenters. The van der Waals surface area contributed by atoms with E-state index < -0.39 is 0 Å². The molecule has 0 radical (unpaired) electrons. The highest BCUT2D eigenvalue weighted by Gasteiger charge is 2.36. The molecule has 2 aliphatic rings. The van der Waals surface area contributed by atoms with Gasteiger partial charge in [-0.05, 0) is 66.7 Å². The van der Waals surface area contributed by atoms with Gasteiger partial charge >= 0.3 is 0 Å². The fourth-order valence-corrected chi connectivity index (χ4v) is 8.28. The lowest BCUT2D eigenvalue weighted by Gasteiger charge is -2.30. The zero-order valence-electron chi connectivity index (χ0n) is 22.6. The molecule has 3 heterocycles. The Hall–Kier alpha value is -4.86. The number of anilines is 2. The van der Waals surface area contributed by atoms with E-state index in [9.17, 15) is 0 Å². The van der Waals surface area contributed by atoms with Crippen molar-refractivity contribution in [2.24, 2.45) is 0 Å². The van der Waals surface area contributed by atoms with Gasteiger partial charge in [0, 0.05) is 23.3 Å². The summed E-state index contributed by atoms with van der Waals surface area (Å²) in [5.41, 5.74) is 6.47. The lowest BCUT2D eigenvalue weighted by atomic mass is 9.84. The molecular formula is C38H26N2S. The van der Waals surface area contributed by atoms with Crippen molar-refractivity contribution in [3.05, 3.63) is 139 Å². The quantitative estimate of drug-likeness (QED) is 0.201. The average Bonchev–Trinajstić information content (AvgIpc) is 3.54. The molecule has 0 aliphatic carbocycles. The van der Waals surface area contributed by atoms with Gasteiger partial charge in [-0.1, -0.05) is 115 Å². The summed E-state index contributed by atoms with van der Waals surface area (Å²) in [5.74, 6) is 0. The molecule has 194 valence electrons. The highest BCUT2D eigenvalue weighted by atomic mass is 32.1. The normalized spacial score (nSPS) is 16.1. The van der Waals surface area contributed by atoms with E-state index in [-0.39, 0.29) is 6.17 Å². The molecule has 1 aromatic heterocycles. The summed E-state index contributed by atoms with van der Waals surface area (Å²) in [6.45, 7) is 0. The van der Waals surface area contributed by atoms with Crippen LogP contribution in [0.4, 0.5) is 10.7 Å². The van der Waals surface area contributed by atoms with Crippen LogP contribution in [0.15, 0.2) is 134 Å². The number of allylic oxidation sites excluding steroid dienone is 2. The molecule has 0 N–H and O–H groups in total. The van der Waals surface area contributed by atoms with Gasteiger partial charge in [0.25, 0.3) is 0 Å². The Kier molecular flexibility index (Phi) is 4.79. The first-order valence-electron chi connectivity index (χ1n) is 14.1. The third kappa shape index (κ3) is 3.18. The molecule has 0 spiro atoms. The molecule has 0 fully saturated rings. The number of thiophene rings is 1. The molecule has 1 atom stereocenters. The standard InChI is InChI=1S/C38H26N2S/c1-39-34-22-21-25(23-40(34)38-37(39)32-18-8-9-20-33(32)41-38)35-28-14-4-6-16-30(28)36(31-17-7-5-15-29(31)35)27-19-10-12-24-11-2-3-13-26(24)27/h2-23,34H,1H3. The SMILES string of the molecule is CN1c2c(sc3ccccc23)N2C=C(c3c4ccccc4c(-c4cccc5ccccc45)c4ccccc34)C=CC12. The predicted molar refractivity (Wildman–Crippen MR) is 178 cm³/mol. The van der Waals surface area contributed by atoms with Crippen LogP contribution in [0.2, 0.25) is 0 Å². The number of benzene rings is 6. The molecule has 7 aromatic rings. The molecule has 41 heavy (non-hydrogen) atoms. The monoisotopic (exact) mass is 542 g/mol. The summed E-state index contributed by atoms with van der Waals surface area (Å²) in [6, 6.07) is 42.1. The third-order valence-corrected chi connectivity index (χ3v) is 10.00. The Morgan fingerprint density at radius 1 is 0.585 bits per heavy atom. The van der Waals surface area contributed by atoms with Crippen molar-refractivity contribution in [1.82, 2.24) is 0 Å². The Morgan fingerprint density at radius 3 is 1.90 bits per heavy atom. The van der Waals surface area contributed by atoms with Gasteiger partial charge in [-0.2, -0.15) is 0 Å². The predicted octanol–water partition coefficient (Wildman–Crippen LogP) is 10.2. The first-order valence-corrected chi connectivity index (χ1v) is 14.9. The van der Waals surface area contributed by atoms with Gasteiger partial charge in [-0.15, -0.1) is 11.3 Å². The van der Waals surface area contributed by atoms with Crippen LogP contribution in [-0.4, -0.2) is 13.2 Å². The average molecular weight is 543 g/mol. The van der Waals surface area contributed by atoms with Gasteiger partial charge in [0.05, 0.1) is 5.69 Å². The highest BCUT2D eigenvalue weighted by Crippen LogP contribution is 2.52. The van der Waals surface area contributed by atoms with E-state index in [0.29, 0.717) is 0 Å². The molecule has 0 saturated heterocycles. The van der Waals surface area contributed by atoms with Crippen LogP contribution < -0.4 is 9.80 Å². The van der Waals surface area contributed by atoms with E-state index in [1.165, 1.54) is 75.4 Å². The third-order valence-electron chi connectivity index (χ3n) is 8.83. The van der Waals surface area contributed by atoms with Crippen LogP contribution in [0, 0.1) is 0 Å². The summed E-state index contributed by atoms with van der Waals surface area (Å²) in [6.07, 6.45) is 7.27. The number of rotatable bonds is 2. The second-order valence-electron chi connectivity index (χ2n) is 11.0. The van der Waals surface area contributed by atoms with Crippen LogP contribution in [-0.2, 0) is 0 Å². The molecule has 2 nitrogen and oxygen atoms in total. The van der Waals surface area contributed by atoms with E-state index in [4.69, 9.17) is 0 Å².